The van der Waals surface area contributed by atoms with Crippen LogP contribution in [-0.4, -0.2) is 25.3 Å². The molecule has 7 heteroatoms. The number of rotatable bonds is 4. The van der Waals surface area contributed by atoms with Crippen molar-refractivity contribution < 1.29 is 17.1 Å². The minimum atomic E-state index is -4.74. The van der Waals surface area contributed by atoms with Crippen molar-refractivity contribution in [2.45, 2.75) is 22.5 Å². The van der Waals surface area contributed by atoms with Crippen molar-refractivity contribution in [2.75, 3.05) is 11.6 Å². The molecule has 4 nitrogen and oxygen atoms in total. The summed E-state index contributed by atoms with van der Waals surface area (Å²) in [4.78, 5) is 11.5. The second-order valence-electron chi connectivity index (χ2n) is 4.12. The van der Waals surface area contributed by atoms with Gasteiger partial charge < -0.3 is 5.32 Å². The van der Waals surface area contributed by atoms with Gasteiger partial charge in [-0.05, 0) is 37.3 Å². The van der Waals surface area contributed by atoms with Crippen LogP contribution >= 0.6 is 11.8 Å². The van der Waals surface area contributed by atoms with E-state index in [2.05, 4.69) is 5.32 Å². The zero-order valence-corrected chi connectivity index (χ0v) is 11.3. The highest BCUT2D eigenvalue weighted by Gasteiger charge is 2.49. The topological polar surface area (TPSA) is 63.2 Å². The van der Waals surface area contributed by atoms with Crippen molar-refractivity contribution >= 4 is 33.6 Å². The van der Waals surface area contributed by atoms with Gasteiger partial charge in [-0.25, -0.2) is 0 Å². The van der Waals surface area contributed by atoms with E-state index in [4.69, 9.17) is 0 Å². The molecule has 0 saturated heterocycles. The number of nitrogens with one attached hydrogen (secondary N) is 1. The maximum Gasteiger partial charge on any atom is 0.332 e. The van der Waals surface area contributed by atoms with Crippen LogP contribution in [0.2, 0.25) is 0 Å². The van der Waals surface area contributed by atoms with E-state index in [0.717, 1.165) is 25.0 Å². The molecule has 1 amide bonds. The number of hydrogen-bond donors (Lipinski definition) is 1. The van der Waals surface area contributed by atoms with Gasteiger partial charge in [0.2, 0.25) is 5.91 Å². The fourth-order valence-electron chi connectivity index (χ4n) is 1.61. The van der Waals surface area contributed by atoms with E-state index < -0.39 is 19.9 Å². The second kappa shape index (κ2) is 4.55. The maximum absolute atomic E-state index is 12.8. The summed E-state index contributed by atoms with van der Waals surface area (Å²) in [7, 11) is -4.74. The summed E-state index contributed by atoms with van der Waals surface area (Å²) >= 11 is 1.47. The summed E-state index contributed by atoms with van der Waals surface area (Å²) in [6.45, 7) is 0. The number of amides is 1. The van der Waals surface area contributed by atoms with E-state index in [0.29, 0.717) is 5.69 Å². The third-order valence-corrected chi connectivity index (χ3v) is 5.07. The van der Waals surface area contributed by atoms with Gasteiger partial charge in [0.25, 0.3) is 0 Å². The summed E-state index contributed by atoms with van der Waals surface area (Å²) in [6.07, 6.45) is 3.47. The van der Waals surface area contributed by atoms with Crippen LogP contribution in [0.4, 0.5) is 9.57 Å². The Morgan fingerprint density at radius 1 is 1.44 bits per heavy atom. The molecule has 0 bridgehead atoms. The van der Waals surface area contributed by atoms with Gasteiger partial charge in [0.15, 0.2) is 0 Å². The third kappa shape index (κ3) is 2.67. The Morgan fingerprint density at radius 2 is 2.11 bits per heavy atom. The Bertz CT molecular complexity index is 582. The Morgan fingerprint density at radius 3 is 2.61 bits per heavy atom. The molecule has 1 saturated carbocycles. The van der Waals surface area contributed by atoms with Crippen LogP contribution in [0.5, 0.6) is 0 Å². The number of hydrogen-bond acceptors (Lipinski definition) is 4. The first-order valence-corrected chi connectivity index (χ1v) is 7.89. The van der Waals surface area contributed by atoms with Gasteiger partial charge in [0, 0.05) is 5.69 Å². The summed E-state index contributed by atoms with van der Waals surface area (Å²) in [5.74, 6) is -0.164. The molecule has 2 rings (SSSR count). The van der Waals surface area contributed by atoms with Gasteiger partial charge in [-0.3, -0.25) is 4.79 Å². The van der Waals surface area contributed by atoms with Crippen LogP contribution in [0.3, 0.4) is 0 Å². The number of carbonyl (C=O) groups is 1. The van der Waals surface area contributed by atoms with E-state index >= 15 is 0 Å². The maximum atomic E-state index is 12.8. The molecule has 1 N–H and O–H groups in total. The lowest BCUT2D eigenvalue weighted by Gasteiger charge is -2.12. The van der Waals surface area contributed by atoms with Crippen molar-refractivity contribution in [1.29, 1.82) is 0 Å². The van der Waals surface area contributed by atoms with Gasteiger partial charge in [0.1, 0.15) is 4.90 Å². The molecule has 0 atom stereocenters. The minimum Gasteiger partial charge on any atom is -0.325 e. The van der Waals surface area contributed by atoms with E-state index in [1.54, 1.807) is 0 Å². The van der Waals surface area contributed by atoms with Crippen molar-refractivity contribution in [3.63, 3.8) is 0 Å². The van der Waals surface area contributed by atoms with Gasteiger partial charge >= 0.3 is 10.2 Å². The molecule has 98 valence electrons. The Balaban J connectivity index is 2.18. The SMILES string of the molecule is CSC1(C(=O)Nc2cccc(S(=O)(=O)F)c2)CC1. The normalized spacial score (nSPS) is 17.2. The predicted octanol–water partition coefficient (Wildman–Crippen LogP) is 2.18. The van der Waals surface area contributed by atoms with Crippen molar-refractivity contribution in [3.8, 4) is 0 Å². The predicted molar refractivity (Wildman–Crippen MR) is 68.8 cm³/mol. The average molecular weight is 289 g/mol. The van der Waals surface area contributed by atoms with Crippen molar-refractivity contribution in [3.05, 3.63) is 24.3 Å². The van der Waals surface area contributed by atoms with E-state index in [1.807, 2.05) is 6.26 Å². The first-order chi connectivity index (χ1) is 8.37. The molecule has 1 aliphatic rings. The van der Waals surface area contributed by atoms with Crippen LogP contribution in [-0.2, 0) is 15.0 Å². The van der Waals surface area contributed by atoms with Crippen LogP contribution in [0.1, 0.15) is 12.8 Å². The van der Waals surface area contributed by atoms with E-state index in [1.165, 1.54) is 23.9 Å². The molecule has 1 aromatic rings. The molecule has 1 aliphatic carbocycles. The molecular weight excluding hydrogens is 277 g/mol. The fourth-order valence-corrected chi connectivity index (χ4v) is 2.86. The second-order valence-corrected chi connectivity index (χ2v) is 6.66. The summed E-state index contributed by atoms with van der Waals surface area (Å²) < 4.78 is 33.9. The van der Waals surface area contributed by atoms with Crippen molar-refractivity contribution in [2.24, 2.45) is 0 Å². The molecule has 18 heavy (non-hydrogen) atoms. The fraction of sp³-hybridized carbons (Fsp3) is 0.364. The summed E-state index contributed by atoms with van der Waals surface area (Å²) in [5, 5.41) is 2.62. The molecule has 1 aromatic carbocycles. The average Bonchev–Trinajstić information content (AvgIpc) is 3.09. The van der Waals surface area contributed by atoms with E-state index in [9.17, 15) is 17.1 Å². The zero-order chi connectivity index (χ0) is 13.4. The van der Waals surface area contributed by atoms with Crippen LogP contribution in [0, 0.1) is 0 Å². The quantitative estimate of drug-likeness (QED) is 0.863. The number of benzene rings is 1. The molecule has 0 spiro atoms. The lowest BCUT2D eigenvalue weighted by atomic mass is 10.3. The first-order valence-electron chi connectivity index (χ1n) is 5.29. The lowest BCUT2D eigenvalue weighted by molar-refractivity contribution is -0.116. The van der Waals surface area contributed by atoms with Gasteiger partial charge in [-0.2, -0.15) is 8.42 Å². The van der Waals surface area contributed by atoms with Crippen molar-refractivity contribution in [1.82, 2.24) is 0 Å². The zero-order valence-electron chi connectivity index (χ0n) is 9.64. The Hall–Kier alpha value is -1.08. The number of carbonyl (C=O) groups excluding carboxylic acids is 1. The third-order valence-electron chi connectivity index (χ3n) is 2.88. The molecule has 0 aliphatic heterocycles. The first kappa shape index (κ1) is 13.4. The lowest BCUT2D eigenvalue weighted by Crippen LogP contribution is -2.26. The molecule has 0 radical (unpaired) electrons. The van der Waals surface area contributed by atoms with Crippen LogP contribution in [0.15, 0.2) is 29.2 Å². The minimum absolute atomic E-state index is 0.164. The van der Waals surface area contributed by atoms with Crippen LogP contribution < -0.4 is 5.32 Å². The van der Waals surface area contributed by atoms with Crippen LogP contribution in [0.25, 0.3) is 0 Å². The summed E-state index contributed by atoms with van der Waals surface area (Å²) in [6, 6.07) is 5.18. The molecule has 1 fully saturated rings. The Labute approximate surface area is 109 Å². The summed E-state index contributed by atoms with van der Waals surface area (Å²) in [5.41, 5.74) is 0.291. The van der Waals surface area contributed by atoms with E-state index in [-0.39, 0.29) is 5.91 Å². The number of thioether (sulfide) groups is 1. The standard InChI is InChI=1S/C11H12FNO3S2/c1-17-11(5-6-11)10(14)13-8-3-2-4-9(7-8)18(12,15)16/h2-4,7H,5-6H2,1H3,(H,13,14). The van der Waals surface area contributed by atoms with Gasteiger partial charge in [-0.15, -0.1) is 15.6 Å². The van der Waals surface area contributed by atoms with Gasteiger partial charge in [-0.1, -0.05) is 6.07 Å². The highest BCUT2D eigenvalue weighted by molar-refractivity contribution is 8.01. The molecular formula is C11H12FNO3S2. The molecule has 0 heterocycles. The highest BCUT2D eigenvalue weighted by Crippen LogP contribution is 2.47. The molecule has 0 unspecified atom stereocenters. The number of anilines is 1. The largest absolute Gasteiger partial charge is 0.332 e. The monoisotopic (exact) mass is 289 g/mol. The smallest absolute Gasteiger partial charge is 0.325 e. The molecule has 0 aromatic heterocycles. The number of halogens is 1. The Kier molecular flexibility index (Phi) is 3.37. The van der Waals surface area contributed by atoms with Gasteiger partial charge in [0.05, 0.1) is 4.75 Å². The highest BCUT2D eigenvalue weighted by atomic mass is 32.3.